The smallest absolute Gasteiger partial charge is 0.377 e. The Kier molecular flexibility index (Phi) is 13.7. The third-order valence-electron chi connectivity index (χ3n) is 9.37. The zero-order valence-corrected chi connectivity index (χ0v) is 31.1. The van der Waals surface area contributed by atoms with E-state index in [0.29, 0.717) is 24.6 Å². The van der Waals surface area contributed by atoms with Gasteiger partial charge >= 0.3 is 5.97 Å². The van der Waals surface area contributed by atoms with Gasteiger partial charge in [0, 0.05) is 5.56 Å². The summed E-state index contributed by atoms with van der Waals surface area (Å²) in [5, 5.41) is 17.6. The molecule has 5 aromatic carbocycles. The highest BCUT2D eigenvalue weighted by molar-refractivity contribution is 6.39. The third kappa shape index (κ3) is 10.9. The van der Waals surface area contributed by atoms with Gasteiger partial charge < -0.3 is 33.5 Å². The maximum atomic E-state index is 11.9. The monoisotopic (exact) mass is 769 g/mol. The van der Waals surface area contributed by atoms with Crippen molar-refractivity contribution in [2.45, 2.75) is 63.7 Å². The summed E-state index contributed by atoms with van der Waals surface area (Å²) in [6.07, 6.45) is -1.92. The molecule has 1 saturated heterocycles. The Morgan fingerprint density at radius 3 is 1.60 bits per heavy atom. The molecule has 292 valence electrons. The van der Waals surface area contributed by atoms with Crippen LogP contribution in [0.3, 0.4) is 0 Å². The molecule has 12 heteroatoms. The summed E-state index contributed by atoms with van der Waals surface area (Å²) in [6, 6.07) is 45.7. The molecule has 12 nitrogen and oxygen atoms in total. The largest absolute Gasteiger partial charge is 0.475 e. The molecule has 1 aliphatic heterocycles. The number of carboxylic acids is 1. The fourth-order valence-corrected chi connectivity index (χ4v) is 6.43. The number of aromatic nitrogens is 3. The SMILES string of the molecule is O=C(O)C(=O)c1ccc(-n2cc(CO[C@H]3O[C@H](COCc4ccccc4)[C@@H](OCc4ccccc4)[C@H](OCc4ccccc4)[C@H]3OCc3ccccc3)nn2)cc1. The first-order valence-electron chi connectivity index (χ1n) is 18.6. The summed E-state index contributed by atoms with van der Waals surface area (Å²) in [4.78, 5) is 23.0. The van der Waals surface area contributed by atoms with Crippen molar-refractivity contribution >= 4 is 11.8 Å². The lowest BCUT2D eigenvalue weighted by atomic mass is 9.97. The fourth-order valence-electron chi connectivity index (χ4n) is 6.43. The van der Waals surface area contributed by atoms with Crippen LogP contribution >= 0.6 is 0 Å². The number of ketones is 1. The number of rotatable bonds is 19. The van der Waals surface area contributed by atoms with E-state index in [1.165, 1.54) is 16.8 Å². The maximum absolute atomic E-state index is 11.9. The van der Waals surface area contributed by atoms with Gasteiger partial charge in [-0.25, -0.2) is 9.48 Å². The zero-order chi connectivity index (χ0) is 39.2. The van der Waals surface area contributed by atoms with E-state index in [4.69, 9.17) is 33.5 Å². The van der Waals surface area contributed by atoms with Crippen LogP contribution in [-0.2, 0) is 66.3 Å². The molecule has 0 unspecified atom stereocenters. The first kappa shape index (κ1) is 39.4. The van der Waals surface area contributed by atoms with Crippen LogP contribution in [0.15, 0.2) is 152 Å². The number of carbonyl (C=O) groups is 2. The van der Waals surface area contributed by atoms with Gasteiger partial charge in [0.05, 0.1) is 51.5 Å². The lowest BCUT2D eigenvalue weighted by Crippen LogP contribution is -2.61. The van der Waals surface area contributed by atoms with E-state index in [2.05, 4.69) is 10.3 Å². The van der Waals surface area contributed by atoms with Gasteiger partial charge in [-0.1, -0.05) is 127 Å². The molecule has 0 aliphatic carbocycles. The Labute approximate surface area is 330 Å². The Bertz CT molecular complexity index is 2140. The molecule has 6 aromatic rings. The van der Waals surface area contributed by atoms with Gasteiger partial charge in [0.15, 0.2) is 6.29 Å². The van der Waals surface area contributed by atoms with E-state index in [-0.39, 0.29) is 32.0 Å². The normalized spacial score (nSPS) is 19.3. The Hall–Kier alpha value is -5.86. The molecular formula is C45H43N3O9. The minimum atomic E-state index is -1.52. The number of nitrogens with zero attached hydrogens (tertiary/aromatic N) is 3. The third-order valence-corrected chi connectivity index (χ3v) is 9.37. The number of ether oxygens (including phenoxy) is 6. The van der Waals surface area contributed by atoms with Gasteiger partial charge in [-0.15, -0.1) is 5.10 Å². The number of aliphatic carboxylic acids is 1. The summed E-state index contributed by atoms with van der Waals surface area (Å²) in [5.41, 5.74) is 5.10. The van der Waals surface area contributed by atoms with Gasteiger partial charge in [-0.3, -0.25) is 4.79 Å². The maximum Gasteiger partial charge on any atom is 0.377 e. The van der Waals surface area contributed by atoms with E-state index in [0.717, 1.165) is 22.3 Å². The topological polar surface area (TPSA) is 140 Å². The molecule has 7 rings (SSSR count). The van der Waals surface area contributed by atoms with Crippen LogP contribution in [0.5, 0.6) is 0 Å². The Morgan fingerprint density at radius 1 is 0.579 bits per heavy atom. The van der Waals surface area contributed by atoms with E-state index in [1.807, 2.05) is 121 Å². The van der Waals surface area contributed by atoms with Gasteiger partial charge in [0.2, 0.25) is 0 Å². The quantitative estimate of drug-likeness (QED) is 0.0691. The van der Waals surface area contributed by atoms with Crippen molar-refractivity contribution in [2.24, 2.45) is 0 Å². The van der Waals surface area contributed by atoms with E-state index < -0.39 is 42.5 Å². The summed E-state index contributed by atoms with van der Waals surface area (Å²) in [7, 11) is 0. The molecule has 57 heavy (non-hydrogen) atoms. The van der Waals surface area contributed by atoms with Crippen molar-refractivity contribution in [1.82, 2.24) is 15.0 Å². The van der Waals surface area contributed by atoms with Crippen molar-refractivity contribution in [3.05, 3.63) is 185 Å². The van der Waals surface area contributed by atoms with Crippen LogP contribution in [0, 0.1) is 0 Å². The average Bonchev–Trinajstić information content (AvgIpc) is 3.74. The summed E-state index contributed by atoms with van der Waals surface area (Å²) >= 11 is 0. The molecule has 0 bridgehead atoms. The molecule has 0 radical (unpaired) electrons. The van der Waals surface area contributed by atoms with Crippen molar-refractivity contribution in [3.8, 4) is 5.69 Å². The minimum Gasteiger partial charge on any atom is -0.475 e. The summed E-state index contributed by atoms with van der Waals surface area (Å²) in [6.45, 7) is 1.41. The first-order valence-corrected chi connectivity index (χ1v) is 18.6. The number of hydrogen-bond donors (Lipinski definition) is 1. The second-order valence-corrected chi connectivity index (χ2v) is 13.5. The highest BCUT2D eigenvalue weighted by Gasteiger charge is 2.49. The van der Waals surface area contributed by atoms with Crippen molar-refractivity contribution in [3.63, 3.8) is 0 Å². The molecule has 2 heterocycles. The van der Waals surface area contributed by atoms with Crippen molar-refractivity contribution in [1.29, 1.82) is 0 Å². The predicted octanol–water partition coefficient (Wildman–Crippen LogP) is 6.75. The lowest BCUT2D eigenvalue weighted by molar-refractivity contribution is -0.331. The fraction of sp³-hybridized carbons (Fsp3) is 0.244. The van der Waals surface area contributed by atoms with Crippen molar-refractivity contribution in [2.75, 3.05) is 6.61 Å². The number of carbonyl (C=O) groups excluding carboxylic acids is 1. The standard InChI is InChI=1S/C45H43N3O9/c49-40(44(50)51)36-21-23-38(24-22-36)48-25-37(46-47-48)30-56-45-43(55-29-35-19-11-4-12-20-35)42(54-28-34-17-9-3-10-18-34)41(53-27-33-15-7-2-8-16-33)39(57-45)31-52-26-32-13-5-1-6-14-32/h1-25,39,41-43,45H,26-31H2,(H,50,51)/t39-,41-,42+,43-,45+/m1/s1. The molecule has 1 aliphatic rings. The Morgan fingerprint density at radius 2 is 1.07 bits per heavy atom. The molecule has 5 atom stereocenters. The van der Waals surface area contributed by atoms with E-state index >= 15 is 0 Å². The molecule has 0 spiro atoms. The van der Waals surface area contributed by atoms with Crippen LogP contribution in [0.25, 0.3) is 5.69 Å². The second-order valence-electron chi connectivity index (χ2n) is 13.5. The van der Waals surface area contributed by atoms with Crippen LogP contribution in [0.2, 0.25) is 0 Å². The van der Waals surface area contributed by atoms with Crippen molar-refractivity contribution < 1.29 is 43.1 Å². The molecule has 0 saturated carbocycles. The van der Waals surface area contributed by atoms with Gasteiger partial charge in [-0.05, 0) is 46.5 Å². The van der Waals surface area contributed by atoms with E-state index in [9.17, 15) is 9.59 Å². The van der Waals surface area contributed by atoms with Crippen LogP contribution in [-0.4, -0.2) is 69.2 Å². The summed E-state index contributed by atoms with van der Waals surface area (Å²) in [5.74, 6) is -2.51. The second kappa shape index (κ2) is 19.8. The zero-order valence-electron chi connectivity index (χ0n) is 31.1. The predicted molar refractivity (Wildman–Crippen MR) is 208 cm³/mol. The van der Waals surface area contributed by atoms with Crippen LogP contribution in [0.1, 0.15) is 38.3 Å². The molecule has 1 fully saturated rings. The van der Waals surface area contributed by atoms with Crippen LogP contribution in [0.4, 0.5) is 0 Å². The highest BCUT2D eigenvalue weighted by atomic mass is 16.7. The van der Waals surface area contributed by atoms with Crippen LogP contribution < -0.4 is 0 Å². The summed E-state index contributed by atoms with van der Waals surface area (Å²) < 4.78 is 41.3. The van der Waals surface area contributed by atoms with Gasteiger partial charge in [-0.2, -0.15) is 0 Å². The number of Topliss-reactive ketones (excluding diaryl/α,β-unsaturated/α-hetero) is 1. The molecular weight excluding hydrogens is 727 g/mol. The minimum absolute atomic E-state index is 0.00395. The number of hydrogen-bond acceptors (Lipinski definition) is 10. The van der Waals surface area contributed by atoms with Gasteiger partial charge in [0.1, 0.15) is 30.1 Å². The molecule has 0 amide bonds. The number of carboxylic acid groups (broad SMARTS) is 1. The Balaban J connectivity index is 1.16. The highest BCUT2D eigenvalue weighted by Crippen LogP contribution is 2.32. The first-order chi connectivity index (χ1) is 28.0. The number of benzene rings is 5. The molecule has 1 N–H and O–H groups in total. The van der Waals surface area contributed by atoms with E-state index in [1.54, 1.807) is 18.3 Å². The average molecular weight is 770 g/mol. The van der Waals surface area contributed by atoms with Gasteiger partial charge in [0.25, 0.3) is 5.78 Å². The molecule has 1 aromatic heterocycles. The lowest BCUT2D eigenvalue weighted by Gasteiger charge is -2.45.